The zero-order valence-corrected chi connectivity index (χ0v) is 59.0. The van der Waals surface area contributed by atoms with Gasteiger partial charge in [-0.25, -0.2) is 37.6 Å². The molecule has 4 fully saturated rings. The molecule has 550 valence electrons. The average Bonchev–Trinajstić information content (AvgIpc) is 1.69. The molecule has 24 N–H and O–H groups in total. The van der Waals surface area contributed by atoms with Gasteiger partial charge in [-0.2, -0.15) is 15.0 Å². The first kappa shape index (κ1) is 83.3. The Bertz CT molecular complexity index is 3600. The van der Waals surface area contributed by atoms with Crippen molar-refractivity contribution in [3.8, 4) is 0 Å². The molecule has 0 spiro atoms. The molecule has 3 aromatic heterocycles. The van der Waals surface area contributed by atoms with Gasteiger partial charge >= 0.3 is 48.4 Å². The third kappa shape index (κ3) is 22.6. The van der Waals surface area contributed by atoms with Crippen LogP contribution in [0.25, 0.3) is 0 Å². The van der Waals surface area contributed by atoms with Crippen LogP contribution in [0.1, 0.15) is 63.9 Å². The smallest absolute Gasteiger partial charge is 0.412 e. The number of aliphatic imine (C=N–C) groups is 1. The van der Waals surface area contributed by atoms with Crippen molar-refractivity contribution >= 4 is 85.5 Å². The zero-order chi connectivity index (χ0) is 73.7. The molecule has 4 saturated heterocycles. The lowest BCUT2D eigenvalue weighted by Crippen LogP contribution is -2.42. The van der Waals surface area contributed by atoms with Crippen molar-refractivity contribution in [1.82, 2.24) is 33.6 Å². The molecule has 0 bridgehead atoms. The fourth-order valence-electron chi connectivity index (χ4n) is 8.83. The Morgan fingerprint density at radius 2 is 0.887 bits per heavy atom. The lowest BCUT2D eigenvalue weighted by Gasteiger charge is -2.36. The van der Waals surface area contributed by atoms with Crippen molar-refractivity contribution < 1.29 is 140 Å². The summed E-state index contributed by atoms with van der Waals surface area (Å²) in [4.78, 5) is 122. The Balaban J connectivity index is 0.000000236. The van der Waals surface area contributed by atoms with Crippen molar-refractivity contribution in [3.63, 3.8) is 0 Å². The summed E-state index contributed by atoms with van der Waals surface area (Å²) < 4.78 is 90.8. The molecule has 8 rings (SSSR count). The molecule has 0 radical (unpaired) electrons. The van der Waals surface area contributed by atoms with Crippen LogP contribution in [0.5, 0.6) is 0 Å². The number of phosphoric ester groups is 4. The fourth-order valence-corrected chi connectivity index (χ4v) is 11.6. The second-order valence-corrected chi connectivity index (χ2v) is 34.1. The highest BCUT2D eigenvalue weighted by Gasteiger charge is 2.50. The summed E-state index contributed by atoms with van der Waals surface area (Å²) in [7, 11) is -21.1. The number of nitrogens with two attached hydrogens (primary N) is 4. The van der Waals surface area contributed by atoms with E-state index in [9.17, 15) is 73.5 Å². The Hall–Kier alpha value is -4.34. The van der Waals surface area contributed by atoms with Gasteiger partial charge in [0.15, 0.2) is 33.2 Å². The maximum Gasteiger partial charge on any atom is 0.469 e. The van der Waals surface area contributed by atoms with Crippen LogP contribution in [-0.2, 0) is 66.3 Å². The highest BCUT2D eigenvalue weighted by atomic mass is 127. The van der Waals surface area contributed by atoms with E-state index in [1.807, 2.05) is 29.5 Å². The lowest BCUT2D eigenvalue weighted by atomic mass is 10.1. The van der Waals surface area contributed by atoms with Gasteiger partial charge in [-0.05, 0) is 54.1 Å². The minimum atomic E-state index is -4.80. The van der Waals surface area contributed by atoms with Crippen molar-refractivity contribution in [2.45, 2.75) is 164 Å². The first-order chi connectivity index (χ1) is 44.4. The van der Waals surface area contributed by atoms with Gasteiger partial charge in [-0.15, -0.1) is 0 Å². The number of hydrogen-bond acceptors (Lipinski definition) is 33. The molecule has 0 aromatic carbocycles. The van der Waals surface area contributed by atoms with Crippen molar-refractivity contribution in [1.29, 1.82) is 0 Å². The number of amidine groups is 1. The molecule has 0 unspecified atom stereocenters. The van der Waals surface area contributed by atoms with E-state index in [1.165, 1.54) is 23.5 Å². The van der Waals surface area contributed by atoms with Gasteiger partial charge in [0.05, 0.1) is 36.6 Å². The van der Waals surface area contributed by atoms with E-state index in [0.717, 1.165) is 13.7 Å². The molecule has 5 aliphatic rings. The molecule has 0 aliphatic carbocycles. The van der Waals surface area contributed by atoms with Crippen LogP contribution >= 0.6 is 53.9 Å². The van der Waals surface area contributed by atoms with Crippen molar-refractivity contribution in [2.24, 2.45) is 10.7 Å². The summed E-state index contributed by atoms with van der Waals surface area (Å²) in [5, 5.41) is 80.0. The van der Waals surface area contributed by atoms with Crippen molar-refractivity contribution in [2.75, 3.05) is 43.6 Å². The SMILES string of the molecule is C=C1N=C(N)C(CC)=CN1[C@@H]1O[C@H](COP(=O)(O)O)[C@@H](O)[C@H]1O.CC(C)(C)[Si](C)(C)OCc1cn([C@@H]2O[C@H](COP(=O)(O)O)[C@@H](O)[C@H]2O)c(=O)nc1N.Cc1cn([C@@H]2O[C@H](COP(=O)(O)O)[C@@H](O)[C@H]2O)c(=O)nc1N.Nc1nc(=O)n([C@@H]2O[C@H](COP(=O)(O)O)[C@@H](O)[C@H]2O)cc1I. The van der Waals surface area contributed by atoms with Crippen molar-refractivity contribution in [3.05, 3.63) is 88.9 Å². The van der Waals surface area contributed by atoms with E-state index in [0.29, 0.717) is 32.5 Å². The number of nitrogens with zero attached hydrogens (tertiary/aromatic N) is 8. The second kappa shape index (κ2) is 33.2. The van der Waals surface area contributed by atoms with Crippen LogP contribution in [0, 0.1) is 10.5 Å². The molecule has 50 heteroatoms. The van der Waals surface area contributed by atoms with Crippen LogP contribution in [0.3, 0.4) is 0 Å². The van der Waals surface area contributed by atoms with Crippen LogP contribution in [0.4, 0.5) is 17.5 Å². The van der Waals surface area contributed by atoms with E-state index >= 15 is 0 Å². The van der Waals surface area contributed by atoms with Crippen LogP contribution in [0.15, 0.2) is 62.1 Å². The predicted octanol–water partition coefficient (Wildman–Crippen LogP) is -4.92. The Labute approximate surface area is 563 Å². The topological polar surface area (TPSA) is 699 Å². The fraction of sp³-hybridized carbons (Fsp3) is 0.638. The number of halogens is 1. The molecular weight excluding hydrogens is 1520 g/mol. The number of aliphatic hydroxyl groups excluding tert-OH is 8. The molecule has 3 aromatic rings. The largest absolute Gasteiger partial charge is 0.469 e. The summed E-state index contributed by atoms with van der Waals surface area (Å²) in [5.74, 6) is 0.534. The third-order valence-corrected chi connectivity index (χ3v) is 22.4. The van der Waals surface area contributed by atoms with Gasteiger partial charge in [0.2, 0.25) is 0 Å². The monoisotopic (exact) mass is 1600 g/mol. The van der Waals surface area contributed by atoms with Crippen LogP contribution < -0.4 is 40.0 Å². The molecule has 0 amide bonds. The van der Waals surface area contributed by atoms with Crippen LogP contribution in [0.2, 0.25) is 18.1 Å². The number of hydrogen-bond donors (Lipinski definition) is 20. The molecule has 16 atom stereocenters. The summed E-state index contributed by atoms with van der Waals surface area (Å²) in [6.45, 7) is 15.0. The minimum absolute atomic E-state index is 0.0104. The Morgan fingerprint density at radius 3 is 1.25 bits per heavy atom. The molecule has 44 nitrogen and oxygen atoms in total. The summed E-state index contributed by atoms with van der Waals surface area (Å²) in [6.07, 6.45) is -15.5. The van der Waals surface area contributed by atoms with Gasteiger partial charge < -0.3 is 131 Å². The Morgan fingerprint density at radius 1 is 0.557 bits per heavy atom. The zero-order valence-electron chi connectivity index (χ0n) is 52.2. The molecule has 97 heavy (non-hydrogen) atoms. The molecule has 5 aliphatic heterocycles. The van der Waals surface area contributed by atoms with E-state index in [4.69, 9.17) is 85.5 Å². The van der Waals surface area contributed by atoms with E-state index in [2.05, 4.69) is 78.5 Å². The van der Waals surface area contributed by atoms with Gasteiger partial charge in [0.1, 0.15) is 102 Å². The standard InChI is InChI=1S/C16H30N3O9PSi.C12H20N3O7P.C10H16N3O8P.C9H13IN3O8P/c1-16(2,3)30(4,5)27-7-9-6-19(15(22)18-13(9)17)14-12(21)11(20)10(28-14)8-26-29(23,24)25;1-3-7-4-15(6(2)14-11(7)13)12-10(17)9(16)8(22-12)5-21-23(18,19)20;1-4-2-13(10(16)12-8(4)11)9-7(15)6(14)5(21-9)3-20-22(17,18)19;10-3-1-13(9(16)12-7(3)11)8-6(15)5(14)4(21-8)2-20-22(17,18)19/h6,10-12,14,20-21H,7-8H2,1-5H3,(H2,17,18,22)(H2,23,24,25);4,8-10,12,16-17H,2-3,5H2,1H3,(H2,13,14)(H2,18,19,20);2,5-7,9,14-15H,3H2,1H3,(H2,11,12,16)(H2,17,18,19);1,4-6,8,14-15H,2H2,(H2,11,12,16)(H2,17,18,19)/t10-,11-,12-,14-;8-,9-,10-,12-;5-,6-,7-,9-;4-,5-,6-,8-/m1111/s1. The van der Waals surface area contributed by atoms with Gasteiger partial charge in [0.25, 0.3) is 0 Å². The quantitative estimate of drug-likeness (QED) is 0.0286. The summed E-state index contributed by atoms with van der Waals surface area (Å²) in [6, 6.07) is 0. The molecule has 8 heterocycles. The minimum Gasteiger partial charge on any atom is -0.412 e. The maximum atomic E-state index is 12.3. The first-order valence-corrected chi connectivity index (χ1v) is 38.3. The molecular formula is C47H79IN12O32P4Si. The Kier molecular flexibility index (Phi) is 28.5. The highest BCUT2D eigenvalue weighted by molar-refractivity contribution is 14.1. The van der Waals surface area contributed by atoms with Gasteiger partial charge in [-0.3, -0.25) is 31.8 Å². The second-order valence-electron chi connectivity index (χ2n) is 23.2. The molecule has 0 saturated carbocycles. The first-order valence-electron chi connectivity index (χ1n) is 28.2. The van der Waals surface area contributed by atoms with E-state index in [-0.39, 0.29) is 34.9 Å². The average molecular weight is 1600 g/mol. The third-order valence-electron chi connectivity index (χ3n) is 15.2. The van der Waals surface area contributed by atoms with Gasteiger partial charge in [0, 0.05) is 41.5 Å². The highest BCUT2D eigenvalue weighted by Crippen LogP contribution is 2.43. The summed E-state index contributed by atoms with van der Waals surface area (Å²) in [5.41, 5.74) is 21.7. The van der Waals surface area contributed by atoms with Crippen LogP contribution in [-0.4, -0.2) is 234 Å². The number of ether oxygens (including phenoxy) is 4. The number of phosphoric acid groups is 4. The number of nitrogen functional groups attached to an aromatic ring is 3. The number of rotatable bonds is 20. The maximum absolute atomic E-state index is 12.3. The lowest BCUT2D eigenvalue weighted by molar-refractivity contribution is -0.0687. The number of aromatic nitrogens is 6. The number of aryl methyl sites for hydroxylation is 1. The number of aliphatic hydroxyl groups is 8. The normalized spacial score (nSPS) is 28.7. The summed E-state index contributed by atoms with van der Waals surface area (Å²) >= 11 is 1.82. The van der Waals surface area contributed by atoms with E-state index < -0.39 is 181 Å². The van der Waals surface area contributed by atoms with E-state index in [1.54, 1.807) is 13.1 Å². The number of anilines is 3. The van der Waals surface area contributed by atoms with Gasteiger partial charge in [-0.1, -0.05) is 34.3 Å². The predicted molar refractivity (Wildman–Crippen MR) is 340 cm³/mol.